The van der Waals surface area contributed by atoms with Crippen LogP contribution in [0.15, 0.2) is 65.8 Å². The Kier molecular flexibility index (Phi) is 7.07. The highest BCUT2D eigenvalue weighted by atomic mass is 35.5. The fourth-order valence-electron chi connectivity index (χ4n) is 4.79. The van der Waals surface area contributed by atoms with Gasteiger partial charge >= 0.3 is 6.03 Å². The Labute approximate surface area is 225 Å². The van der Waals surface area contributed by atoms with Crippen molar-refractivity contribution in [2.75, 3.05) is 19.6 Å². The van der Waals surface area contributed by atoms with Gasteiger partial charge in [-0.1, -0.05) is 23.7 Å². The van der Waals surface area contributed by atoms with Crippen molar-refractivity contribution in [1.29, 1.82) is 5.26 Å². The summed E-state index contributed by atoms with van der Waals surface area (Å²) < 4.78 is 6.10. The minimum Gasteiger partial charge on any atom is -0.490 e. The van der Waals surface area contributed by atoms with Crippen LogP contribution in [0.25, 0.3) is 0 Å². The van der Waals surface area contributed by atoms with Crippen molar-refractivity contribution in [3.05, 3.63) is 88.2 Å². The first-order valence-corrected chi connectivity index (χ1v) is 12.8. The molecule has 1 fully saturated rings. The predicted octanol–water partition coefficient (Wildman–Crippen LogP) is 4.42. The van der Waals surface area contributed by atoms with Crippen LogP contribution >= 0.6 is 11.6 Å². The van der Waals surface area contributed by atoms with E-state index in [-0.39, 0.29) is 24.6 Å². The fourth-order valence-corrected chi connectivity index (χ4v) is 4.91. The van der Waals surface area contributed by atoms with Gasteiger partial charge in [0.05, 0.1) is 29.3 Å². The lowest BCUT2D eigenvalue weighted by Gasteiger charge is -2.35. The molecule has 1 aromatic heterocycles. The number of aliphatic imine (C=N–C) groups is 1. The zero-order valence-electron chi connectivity index (χ0n) is 21.0. The number of hydrogen-bond acceptors (Lipinski definition) is 5. The Bertz CT molecular complexity index is 1410. The van der Waals surface area contributed by atoms with Gasteiger partial charge in [-0.05, 0) is 61.9 Å². The number of rotatable bonds is 5. The van der Waals surface area contributed by atoms with Gasteiger partial charge in [0.15, 0.2) is 0 Å². The maximum atomic E-state index is 14.2. The summed E-state index contributed by atoms with van der Waals surface area (Å²) in [5.41, 5.74) is 2.68. The number of aromatic nitrogens is 1. The number of benzene rings is 2. The van der Waals surface area contributed by atoms with Gasteiger partial charge in [0.2, 0.25) is 5.91 Å². The molecule has 2 N–H and O–H groups in total. The highest BCUT2D eigenvalue weighted by Gasteiger charge is 2.45. The van der Waals surface area contributed by atoms with Crippen molar-refractivity contribution in [2.24, 2.45) is 4.99 Å². The molecule has 3 amide bonds. The molecule has 38 heavy (non-hydrogen) atoms. The van der Waals surface area contributed by atoms with Gasteiger partial charge in [0, 0.05) is 30.0 Å². The van der Waals surface area contributed by atoms with Crippen LogP contribution in [0, 0.1) is 11.3 Å². The number of ether oxygens (including phenoxy) is 1. The summed E-state index contributed by atoms with van der Waals surface area (Å²) in [6, 6.07) is 17.1. The van der Waals surface area contributed by atoms with E-state index in [4.69, 9.17) is 21.3 Å². The van der Waals surface area contributed by atoms with E-state index >= 15 is 0 Å². The Morgan fingerprint density at radius 1 is 1.21 bits per heavy atom. The van der Waals surface area contributed by atoms with Crippen LogP contribution in [0.3, 0.4) is 0 Å². The van der Waals surface area contributed by atoms with Gasteiger partial charge in [0.25, 0.3) is 0 Å². The number of halogens is 1. The second-order valence-electron chi connectivity index (χ2n) is 9.43. The lowest BCUT2D eigenvalue weighted by molar-refractivity contribution is -0.123. The normalized spacial score (nSPS) is 19.2. The van der Waals surface area contributed by atoms with Crippen LogP contribution in [0.4, 0.5) is 4.79 Å². The fraction of sp³-hybridized carbons (Fsp3) is 0.286. The average molecular weight is 531 g/mol. The van der Waals surface area contributed by atoms with E-state index in [0.29, 0.717) is 40.8 Å². The molecule has 0 spiro atoms. The van der Waals surface area contributed by atoms with Crippen molar-refractivity contribution in [2.45, 2.75) is 32.0 Å². The number of carbonyl (C=O) groups excluding carboxylic acids is 2. The molecule has 2 aliphatic rings. The predicted molar refractivity (Wildman–Crippen MR) is 143 cm³/mol. The number of amidine groups is 1. The van der Waals surface area contributed by atoms with Crippen molar-refractivity contribution >= 4 is 29.4 Å². The Balaban J connectivity index is 1.69. The Hall–Kier alpha value is -4.29. The van der Waals surface area contributed by atoms with Gasteiger partial charge in [-0.2, -0.15) is 5.26 Å². The number of nitrogens with zero attached hydrogens (tertiary/aromatic N) is 4. The molecule has 2 atom stereocenters. The quantitative estimate of drug-likeness (QED) is 0.508. The lowest BCUT2D eigenvalue weighted by atomic mass is 9.97. The molecule has 0 aliphatic carbocycles. The first-order valence-electron chi connectivity index (χ1n) is 12.4. The number of carbonyl (C=O) groups is 2. The molecule has 3 heterocycles. The number of urea groups is 1. The number of hydrogen-bond donors (Lipinski definition) is 2. The number of amides is 3. The second kappa shape index (κ2) is 10.6. The number of nitriles is 1. The minimum atomic E-state index is -0.527. The molecule has 0 saturated carbocycles. The number of aromatic amines is 1. The largest absolute Gasteiger partial charge is 0.490 e. The van der Waals surface area contributed by atoms with Gasteiger partial charge in [0.1, 0.15) is 24.2 Å². The summed E-state index contributed by atoms with van der Waals surface area (Å²) in [6.45, 7) is 4.48. The summed E-state index contributed by atoms with van der Waals surface area (Å²) in [5, 5.41) is 12.9. The zero-order valence-corrected chi connectivity index (χ0v) is 21.8. The third-order valence-corrected chi connectivity index (χ3v) is 6.70. The molecule has 9 nitrogen and oxygen atoms in total. The molecule has 0 radical (unpaired) electrons. The Morgan fingerprint density at radius 3 is 2.66 bits per heavy atom. The number of piperazine rings is 1. The van der Waals surface area contributed by atoms with Crippen molar-refractivity contribution in [3.8, 4) is 11.8 Å². The first kappa shape index (κ1) is 25.4. The zero-order chi connectivity index (χ0) is 26.8. The highest BCUT2D eigenvalue weighted by Crippen LogP contribution is 2.45. The molecule has 2 aromatic carbocycles. The maximum absolute atomic E-state index is 14.2. The monoisotopic (exact) mass is 530 g/mol. The van der Waals surface area contributed by atoms with Crippen LogP contribution in [0.2, 0.25) is 5.02 Å². The average Bonchev–Trinajstić information content (AvgIpc) is 3.57. The third kappa shape index (κ3) is 4.95. The van der Waals surface area contributed by atoms with Crippen LogP contribution in [0.1, 0.15) is 48.3 Å². The van der Waals surface area contributed by atoms with Gasteiger partial charge < -0.3 is 19.9 Å². The van der Waals surface area contributed by atoms with E-state index in [1.165, 1.54) is 4.90 Å². The molecule has 10 heteroatoms. The van der Waals surface area contributed by atoms with Crippen LogP contribution < -0.4 is 10.1 Å². The van der Waals surface area contributed by atoms with Crippen molar-refractivity contribution in [1.82, 2.24) is 20.1 Å². The van der Waals surface area contributed by atoms with Gasteiger partial charge in [-0.15, -0.1) is 0 Å². The first-order chi connectivity index (χ1) is 18.4. The van der Waals surface area contributed by atoms with Crippen LogP contribution in [-0.4, -0.2) is 58.3 Å². The standard InChI is InChI=1S/C28H27ClN6O3/c1-17(2)38-23-14-18(15-30)5-10-21(23)27-33-25(22-4-3-11-31-22)26(19-6-8-20(29)9-7-19)35(27)28(37)34-13-12-32-24(36)16-34/h3-11,14,17,25-26,31H,12-13,16H2,1-2H3,(H,32,36)/t25-,26+/m0/s1. The van der Waals surface area contributed by atoms with Crippen molar-refractivity contribution in [3.63, 3.8) is 0 Å². The summed E-state index contributed by atoms with van der Waals surface area (Å²) >= 11 is 6.20. The van der Waals surface area contributed by atoms with Gasteiger partial charge in [-0.25, -0.2) is 4.79 Å². The topological polar surface area (TPSA) is 114 Å². The van der Waals surface area contributed by atoms with Gasteiger partial charge in [-0.3, -0.25) is 14.7 Å². The van der Waals surface area contributed by atoms with Crippen LogP contribution in [0.5, 0.6) is 5.75 Å². The summed E-state index contributed by atoms with van der Waals surface area (Å²) in [7, 11) is 0. The molecular formula is C28H27ClN6O3. The van der Waals surface area contributed by atoms with E-state index < -0.39 is 12.1 Å². The van der Waals surface area contributed by atoms with E-state index in [1.807, 2.05) is 44.3 Å². The molecular weight excluding hydrogens is 504 g/mol. The molecule has 194 valence electrons. The molecule has 2 aliphatic heterocycles. The van der Waals surface area contributed by atoms with Crippen molar-refractivity contribution < 1.29 is 14.3 Å². The molecule has 1 saturated heterocycles. The number of nitrogens with one attached hydrogen (secondary N) is 2. The SMILES string of the molecule is CC(C)Oc1cc(C#N)ccc1C1=N[C@@H](c2ccc[nH]2)[C@@H](c2ccc(Cl)cc2)N1C(=O)N1CCNC(=O)C1. The van der Waals surface area contributed by atoms with E-state index in [0.717, 1.165) is 11.3 Å². The Morgan fingerprint density at radius 2 is 2.00 bits per heavy atom. The second-order valence-corrected chi connectivity index (χ2v) is 9.87. The third-order valence-electron chi connectivity index (χ3n) is 6.45. The highest BCUT2D eigenvalue weighted by molar-refractivity contribution is 6.30. The van der Waals surface area contributed by atoms with Crippen LogP contribution in [-0.2, 0) is 4.79 Å². The minimum absolute atomic E-state index is 0.0498. The van der Waals surface area contributed by atoms with E-state index in [2.05, 4.69) is 16.4 Å². The molecule has 3 aromatic rings. The number of H-pyrrole nitrogens is 1. The molecule has 0 unspecified atom stereocenters. The smallest absolute Gasteiger partial charge is 0.326 e. The maximum Gasteiger partial charge on any atom is 0.326 e. The molecule has 5 rings (SSSR count). The van der Waals surface area contributed by atoms with E-state index in [9.17, 15) is 14.9 Å². The van der Waals surface area contributed by atoms with E-state index in [1.54, 1.807) is 35.2 Å². The lowest BCUT2D eigenvalue weighted by Crippen LogP contribution is -2.55. The molecule has 0 bridgehead atoms. The summed E-state index contributed by atoms with van der Waals surface area (Å²) in [6.07, 6.45) is 1.64. The summed E-state index contributed by atoms with van der Waals surface area (Å²) in [4.78, 5) is 37.9. The summed E-state index contributed by atoms with van der Waals surface area (Å²) in [5.74, 6) is 0.642.